The Morgan fingerprint density at radius 2 is 2.25 bits per heavy atom. The lowest BCUT2D eigenvalue weighted by Crippen LogP contribution is -1.96. The number of rotatable bonds is 5. The summed E-state index contributed by atoms with van der Waals surface area (Å²) in [5.74, 6) is 0. The number of unbranched alkanes of at least 4 members (excludes halogenated alkanes) is 1. The normalized spacial score (nSPS) is 12.0. The molecule has 0 saturated heterocycles. The third-order valence-electron chi connectivity index (χ3n) is 3.37. The number of nitrogens with zero attached hydrogens (tertiary/aromatic N) is 3. The lowest BCUT2D eigenvalue weighted by Gasteiger charge is -2.03. The molecule has 2 aromatic rings. The second-order valence-electron chi connectivity index (χ2n) is 4.73. The number of aromatic nitrogens is 1. The van der Waals surface area contributed by atoms with Gasteiger partial charge in [-0.15, -0.1) is 0 Å². The largest absolute Gasteiger partial charge is 0.411 e. The Hall–Kier alpha value is -2.37. The minimum Gasteiger partial charge on any atom is -0.411 e. The first-order chi connectivity index (χ1) is 9.58. The molecule has 20 heavy (non-hydrogen) atoms. The molecule has 0 aliphatic rings. The lowest BCUT2D eigenvalue weighted by molar-refractivity contribution is -0.384. The van der Waals surface area contributed by atoms with Gasteiger partial charge in [-0.2, -0.15) is 0 Å². The van der Waals surface area contributed by atoms with Gasteiger partial charge in [0.05, 0.1) is 10.6 Å². The number of nitro groups is 1. The van der Waals surface area contributed by atoms with Gasteiger partial charge < -0.3 is 9.77 Å². The Balaban J connectivity index is 2.63. The van der Waals surface area contributed by atoms with Crippen molar-refractivity contribution >= 4 is 22.3 Å². The van der Waals surface area contributed by atoms with Crippen LogP contribution in [0.1, 0.15) is 32.3 Å². The summed E-state index contributed by atoms with van der Waals surface area (Å²) >= 11 is 0. The van der Waals surface area contributed by atoms with Crippen LogP contribution in [0.4, 0.5) is 5.69 Å². The van der Waals surface area contributed by atoms with E-state index in [1.54, 1.807) is 13.0 Å². The highest BCUT2D eigenvalue weighted by Crippen LogP contribution is 2.27. The highest BCUT2D eigenvalue weighted by Gasteiger charge is 2.15. The third-order valence-corrected chi connectivity index (χ3v) is 3.37. The molecule has 0 spiro atoms. The first-order valence-electron chi connectivity index (χ1n) is 6.54. The summed E-state index contributed by atoms with van der Waals surface area (Å²) in [4.78, 5) is 10.5. The van der Waals surface area contributed by atoms with Crippen LogP contribution in [0.5, 0.6) is 0 Å². The molecule has 1 heterocycles. The molecule has 0 fully saturated rings. The van der Waals surface area contributed by atoms with Crippen molar-refractivity contribution < 1.29 is 10.1 Å². The van der Waals surface area contributed by atoms with Crippen LogP contribution in [-0.4, -0.2) is 20.4 Å². The number of non-ortho nitro benzene ring substituents is 1. The van der Waals surface area contributed by atoms with Crippen LogP contribution in [0, 0.1) is 10.1 Å². The fourth-order valence-electron chi connectivity index (χ4n) is 2.25. The molecule has 0 unspecified atom stereocenters. The van der Waals surface area contributed by atoms with E-state index >= 15 is 0 Å². The van der Waals surface area contributed by atoms with Crippen LogP contribution in [0.25, 0.3) is 10.9 Å². The van der Waals surface area contributed by atoms with E-state index in [4.69, 9.17) is 5.21 Å². The van der Waals surface area contributed by atoms with Crippen molar-refractivity contribution in [2.45, 2.75) is 33.2 Å². The smallest absolute Gasteiger partial charge is 0.270 e. The predicted molar refractivity (Wildman–Crippen MR) is 77.5 cm³/mol. The first-order valence-corrected chi connectivity index (χ1v) is 6.54. The molecular weight excluding hydrogens is 258 g/mol. The number of fused-ring (bicyclic) bond motifs is 1. The molecule has 1 N–H and O–H groups in total. The second-order valence-corrected chi connectivity index (χ2v) is 4.73. The van der Waals surface area contributed by atoms with Gasteiger partial charge in [0.1, 0.15) is 0 Å². The Bertz CT molecular complexity index is 674. The molecule has 0 radical (unpaired) electrons. The van der Waals surface area contributed by atoms with Crippen molar-refractivity contribution in [3.63, 3.8) is 0 Å². The first kappa shape index (κ1) is 14.0. The maximum Gasteiger partial charge on any atom is 0.270 e. The van der Waals surface area contributed by atoms with Crippen molar-refractivity contribution in [1.82, 2.24) is 4.57 Å². The van der Waals surface area contributed by atoms with E-state index in [1.165, 1.54) is 12.1 Å². The molecule has 1 aromatic heterocycles. The van der Waals surface area contributed by atoms with Gasteiger partial charge in [-0.1, -0.05) is 18.5 Å². The molecule has 106 valence electrons. The van der Waals surface area contributed by atoms with Crippen molar-refractivity contribution in [1.29, 1.82) is 0 Å². The molecule has 0 aliphatic carbocycles. The molecule has 0 aliphatic heterocycles. The summed E-state index contributed by atoms with van der Waals surface area (Å²) in [6.07, 6.45) is 3.98. The van der Waals surface area contributed by atoms with Gasteiger partial charge in [0.15, 0.2) is 0 Å². The summed E-state index contributed by atoms with van der Waals surface area (Å²) in [6, 6.07) is 4.78. The van der Waals surface area contributed by atoms with E-state index in [1.807, 2.05) is 10.8 Å². The molecule has 0 saturated carbocycles. The van der Waals surface area contributed by atoms with E-state index in [-0.39, 0.29) is 5.69 Å². The topological polar surface area (TPSA) is 80.7 Å². The SMILES string of the molecule is CCCCn1cc(C(C)=NO)c2cc([N+](=O)[O-])ccc21. The van der Waals surface area contributed by atoms with E-state index in [0.29, 0.717) is 5.71 Å². The van der Waals surface area contributed by atoms with E-state index in [0.717, 1.165) is 35.9 Å². The van der Waals surface area contributed by atoms with Gasteiger partial charge in [0.25, 0.3) is 5.69 Å². The van der Waals surface area contributed by atoms with Gasteiger partial charge >= 0.3 is 0 Å². The minimum atomic E-state index is -0.419. The third kappa shape index (κ3) is 2.49. The zero-order valence-electron chi connectivity index (χ0n) is 11.5. The zero-order chi connectivity index (χ0) is 14.7. The van der Waals surface area contributed by atoms with Crippen LogP contribution in [0.3, 0.4) is 0 Å². The summed E-state index contributed by atoms with van der Waals surface area (Å²) < 4.78 is 2.05. The highest BCUT2D eigenvalue weighted by molar-refractivity contribution is 6.09. The average Bonchev–Trinajstić information content (AvgIpc) is 2.82. The predicted octanol–water partition coefficient (Wildman–Crippen LogP) is 3.55. The van der Waals surface area contributed by atoms with Crippen LogP contribution >= 0.6 is 0 Å². The second kappa shape index (κ2) is 5.73. The number of benzene rings is 1. The highest BCUT2D eigenvalue weighted by atomic mass is 16.6. The van der Waals surface area contributed by atoms with Crippen molar-refractivity contribution in [3.8, 4) is 0 Å². The maximum atomic E-state index is 10.9. The monoisotopic (exact) mass is 275 g/mol. The molecule has 0 bridgehead atoms. The average molecular weight is 275 g/mol. The Kier molecular flexibility index (Phi) is 4.02. The summed E-state index contributed by atoms with van der Waals surface area (Å²) in [5, 5.41) is 23.8. The van der Waals surface area contributed by atoms with Crippen LogP contribution in [-0.2, 0) is 6.54 Å². The molecule has 0 amide bonds. The fraction of sp³-hybridized carbons (Fsp3) is 0.357. The summed E-state index contributed by atoms with van der Waals surface area (Å²) in [6.45, 7) is 4.62. The fourth-order valence-corrected chi connectivity index (χ4v) is 2.25. The Labute approximate surface area is 116 Å². The van der Waals surface area contributed by atoms with E-state index < -0.39 is 4.92 Å². The van der Waals surface area contributed by atoms with Crippen LogP contribution < -0.4 is 0 Å². The van der Waals surface area contributed by atoms with Crippen LogP contribution in [0.2, 0.25) is 0 Å². The molecule has 2 rings (SSSR count). The molecule has 0 atom stereocenters. The van der Waals surface area contributed by atoms with Crippen LogP contribution in [0.15, 0.2) is 29.6 Å². The minimum absolute atomic E-state index is 0.0396. The van der Waals surface area contributed by atoms with Gasteiger partial charge in [-0.05, 0) is 19.4 Å². The van der Waals surface area contributed by atoms with Crippen molar-refractivity contribution in [3.05, 3.63) is 40.1 Å². The molecule has 1 aromatic carbocycles. The van der Waals surface area contributed by atoms with Crippen molar-refractivity contribution in [2.75, 3.05) is 0 Å². The van der Waals surface area contributed by atoms with Gasteiger partial charge in [-0.25, -0.2) is 0 Å². The number of oxime groups is 1. The number of aryl methyl sites for hydroxylation is 1. The van der Waals surface area contributed by atoms with Gasteiger partial charge in [-0.3, -0.25) is 10.1 Å². The standard InChI is InChI=1S/C14H17N3O3/c1-3-4-7-16-9-13(10(2)15-18)12-8-11(17(19)20)5-6-14(12)16/h5-6,8-9,18H,3-4,7H2,1-2H3. The van der Waals surface area contributed by atoms with Gasteiger partial charge in [0, 0.05) is 41.3 Å². The summed E-state index contributed by atoms with van der Waals surface area (Å²) in [5.41, 5.74) is 2.13. The number of hydrogen-bond acceptors (Lipinski definition) is 4. The van der Waals surface area contributed by atoms with E-state index in [9.17, 15) is 10.1 Å². The zero-order valence-corrected chi connectivity index (χ0v) is 11.5. The summed E-state index contributed by atoms with van der Waals surface area (Å²) in [7, 11) is 0. The Morgan fingerprint density at radius 1 is 1.50 bits per heavy atom. The lowest BCUT2D eigenvalue weighted by atomic mass is 10.1. The molecule has 6 heteroatoms. The van der Waals surface area contributed by atoms with Gasteiger partial charge in [0.2, 0.25) is 0 Å². The molecular formula is C14H17N3O3. The Morgan fingerprint density at radius 3 is 2.85 bits per heavy atom. The maximum absolute atomic E-state index is 10.9. The van der Waals surface area contributed by atoms with Crippen molar-refractivity contribution in [2.24, 2.45) is 5.16 Å². The molecule has 6 nitrogen and oxygen atoms in total. The van der Waals surface area contributed by atoms with E-state index in [2.05, 4.69) is 12.1 Å². The quantitative estimate of drug-likeness (QED) is 0.392. The number of nitro benzene ring substituents is 1. The number of hydrogen-bond donors (Lipinski definition) is 1.